The van der Waals surface area contributed by atoms with Crippen molar-refractivity contribution < 1.29 is 19.1 Å². The van der Waals surface area contributed by atoms with Gasteiger partial charge >= 0.3 is 0 Å². The van der Waals surface area contributed by atoms with Gasteiger partial charge < -0.3 is 19.3 Å². The van der Waals surface area contributed by atoms with Crippen LogP contribution < -0.4 is 14.4 Å². The van der Waals surface area contributed by atoms with Crippen molar-refractivity contribution in [3.63, 3.8) is 0 Å². The molecule has 1 amide bonds. The van der Waals surface area contributed by atoms with E-state index in [0.29, 0.717) is 54.4 Å². The number of hydrogen-bond donors (Lipinski definition) is 0. The molecule has 1 aliphatic heterocycles. The van der Waals surface area contributed by atoms with Gasteiger partial charge in [0.15, 0.2) is 22.4 Å². The largest absolute Gasteiger partial charge is 0.493 e. The third-order valence-electron chi connectivity index (χ3n) is 6.16. The predicted molar refractivity (Wildman–Crippen MR) is 137 cm³/mol. The number of thiazole rings is 1. The van der Waals surface area contributed by atoms with Gasteiger partial charge in [0.1, 0.15) is 5.52 Å². The second-order valence-electron chi connectivity index (χ2n) is 8.20. The predicted octanol–water partition coefficient (Wildman–Crippen LogP) is 4.51. The van der Waals surface area contributed by atoms with Gasteiger partial charge in [0.05, 0.1) is 18.9 Å². The summed E-state index contributed by atoms with van der Waals surface area (Å²) in [6.07, 6.45) is 0. The standard InChI is InChI=1S/C27H25N3O4S/c1-33-21-12-13-22-23(25(21)34-2)28-27(35-22)30-16-14-29(15-17-30)26(32)20-10-8-19(9-11-20)24(31)18-6-4-3-5-7-18/h3-13H,14-17H2,1-2H3. The molecule has 0 N–H and O–H groups in total. The number of carbonyl (C=O) groups is 2. The fourth-order valence-electron chi connectivity index (χ4n) is 4.24. The fourth-order valence-corrected chi connectivity index (χ4v) is 5.25. The first kappa shape index (κ1) is 22.9. The van der Waals surface area contributed by atoms with Crippen molar-refractivity contribution in [3.8, 4) is 11.5 Å². The Hall–Kier alpha value is -3.91. The van der Waals surface area contributed by atoms with Crippen LogP contribution in [-0.4, -0.2) is 62.0 Å². The van der Waals surface area contributed by atoms with Gasteiger partial charge in [-0.1, -0.05) is 53.8 Å². The molecule has 8 heteroatoms. The lowest BCUT2D eigenvalue weighted by Crippen LogP contribution is -2.48. The van der Waals surface area contributed by atoms with Crippen molar-refractivity contribution in [2.45, 2.75) is 0 Å². The normalized spacial score (nSPS) is 13.7. The molecule has 5 rings (SSSR count). The number of amides is 1. The van der Waals surface area contributed by atoms with Crippen molar-refractivity contribution in [1.29, 1.82) is 0 Å². The van der Waals surface area contributed by atoms with E-state index in [0.717, 1.165) is 15.3 Å². The van der Waals surface area contributed by atoms with E-state index in [1.54, 1.807) is 62.0 Å². The summed E-state index contributed by atoms with van der Waals surface area (Å²) in [5.41, 5.74) is 2.57. The molecule has 0 atom stereocenters. The molecule has 3 aromatic carbocycles. The molecule has 1 aliphatic rings. The second-order valence-corrected chi connectivity index (χ2v) is 9.21. The smallest absolute Gasteiger partial charge is 0.253 e. The summed E-state index contributed by atoms with van der Waals surface area (Å²) in [7, 11) is 3.23. The van der Waals surface area contributed by atoms with Crippen molar-refractivity contribution in [2.75, 3.05) is 45.3 Å². The highest BCUT2D eigenvalue weighted by molar-refractivity contribution is 7.22. The first-order valence-corrected chi connectivity index (χ1v) is 12.2. The van der Waals surface area contributed by atoms with Crippen LogP contribution in [0, 0.1) is 0 Å². The Kier molecular flexibility index (Phi) is 6.37. The number of aromatic nitrogens is 1. The minimum atomic E-state index is -0.0525. The molecule has 1 aromatic heterocycles. The van der Waals surface area contributed by atoms with Crippen LogP contribution >= 0.6 is 11.3 Å². The molecule has 0 spiro atoms. The number of nitrogens with zero attached hydrogens (tertiary/aromatic N) is 3. The monoisotopic (exact) mass is 487 g/mol. The van der Waals surface area contributed by atoms with Crippen LogP contribution in [0.25, 0.3) is 10.2 Å². The summed E-state index contributed by atoms with van der Waals surface area (Å²) in [5.74, 6) is 1.21. The first-order chi connectivity index (χ1) is 17.1. The van der Waals surface area contributed by atoms with Crippen LogP contribution in [-0.2, 0) is 0 Å². The average molecular weight is 488 g/mol. The number of ether oxygens (including phenoxy) is 2. The molecular formula is C27H25N3O4S. The number of benzene rings is 3. The highest BCUT2D eigenvalue weighted by atomic mass is 32.1. The number of fused-ring (bicyclic) bond motifs is 1. The van der Waals surface area contributed by atoms with Crippen LogP contribution in [0.15, 0.2) is 66.7 Å². The minimum Gasteiger partial charge on any atom is -0.493 e. The van der Waals surface area contributed by atoms with E-state index in [9.17, 15) is 9.59 Å². The maximum atomic E-state index is 13.1. The molecule has 0 saturated carbocycles. The molecule has 35 heavy (non-hydrogen) atoms. The second kappa shape index (κ2) is 9.76. The van der Waals surface area contributed by atoms with Gasteiger partial charge in [0.25, 0.3) is 5.91 Å². The van der Waals surface area contributed by atoms with Crippen molar-refractivity contribution in [2.24, 2.45) is 0 Å². The third kappa shape index (κ3) is 4.44. The van der Waals surface area contributed by atoms with Gasteiger partial charge in [-0.15, -0.1) is 0 Å². The molecule has 1 saturated heterocycles. The number of anilines is 1. The van der Waals surface area contributed by atoms with Crippen LogP contribution in [0.2, 0.25) is 0 Å². The first-order valence-electron chi connectivity index (χ1n) is 11.3. The van der Waals surface area contributed by atoms with Gasteiger partial charge in [-0.2, -0.15) is 0 Å². The summed E-state index contributed by atoms with van der Waals surface area (Å²) >= 11 is 1.60. The lowest BCUT2D eigenvalue weighted by molar-refractivity contribution is 0.0746. The molecule has 4 aromatic rings. The van der Waals surface area contributed by atoms with E-state index in [1.807, 2.05) is 35.2 Å². The number of ketones is 1. The Labute approximate surface area is 207 Å². The molecule has 0 bridgehead atoms. The van der Waals surface area contributed by atoms with Crippen LogP contribution in [0.1, 0.15) is 26.3 Å². The molecule has 0 radical (unpaired) electrons. The lowest BCUT2D eigenvalue weighted by atomic mass is 10.0. The highest BCUT2D eigenvalue weighted by Crippen LogP contribution is 2.40. The van der Waals surface area contributed by atoms with Crippen molar-refractivity contribution in [3.05, 3.63) is 83.4 Å². The molecule has 0 unspecified atom stereocenters. The fraction of sp³-hybridized carbons (Fsp3) is 0.222. The molecular weight excluding hydrogens is 462 g/mol. The van der Waals surface area contributed by atoms with E-state index in [1.165, 1.54) is 0 Å². The Balaban J connectivity index is 1.25. The Bertz CT molecular complexity index is 1360. The lowest BCUT2D eigenvalue weighted by Gasteiger charge is -2.34. The summed E-state index contributed by atoms with van der Waals surface area (Å²) < 4.78 is 11.9. The maximum absolute atomic E-state index is 13.1. The number of rotatable bonds is 6. The van der Waals surface area contributed by atoms with E-state index in [4.69, 9.17) is 14.5 Å². The zero-order valence-electron chi connectivity index (χ0n) is 19.6. The molecule has 7 nitrogen and oxygen atoms in total. The number of hydrogen-bond acceptors (Lipinski definition) is 7. The van der Waals surface area contributed by atoms with E-state index in [-0.39, 0.29) is 11.7 Å². The third-order valence-corrected chi connectivity index (χ3v) is 7.24. The summed E-state index contributed by atoms with van der Waals surface area (Å²) in [6.45, 7) is 2.57. The van der Waals surface area contributed by atoms with Crippen LogP contribution in [0.3, 0.4) is 0 Å². The zero-order valence-corrected chi connectivity index (χ0v) is 20.4. The van der Waals surface area contributed by atoms with Gasteiger partial charge in [-0.25, -0.2) is 4.98 Å². The number of piperazine rings is 1. The highest BCUT2D eigenvalue weighted by Gasteiger charge is 2.25. The topological polar surface area (TPSA) is 72.0 Å². The Morgan fingerprint density at radius 3 is 2.11 bits per heavy atom. The molecule has 178 valence electrons. The summed E-state index contributed by atoms with van der Waals surface area (Å²) in [5, 5.41) is 0.905. The van der Waals surface area contributed by atoms with Gasteiger partial charge in [0, 0.05) is 42.9 Å². The van der Waals surface area contributed by atoms with E-state index < -0.39 is 0 Å². The number of carbonyl (C=O) groups excluding carboxylic acids is 2. The maximum Gasteiger partial charge on any atom is 0.253 e. The van der Waals surface area contributed by atoms with Crippen LogP contribution in [0.4, 0.5) is 5.13 Å². The minimum absolute atomic E-state index is 0.0286. The Morgan fingerprint density at radius 1 is 0.800 bits per heavy atom. The van der Waals surface area contributed by atoms with Crippen molar-refractivity contribution in [1.82, 2.24) is 9.88 Å². The average Bonchev–Trinajstić information content (AvgIpc) is 3.37. The van der Waals surface area contributed by atoms with Crippen molar-refractivity contribution >= 4 is 38.4 Å². The molecule has 0 aliphatic carbocycles. The van der Waals surface area contributed by atoms with Gasteiger partial charge in [0.2, 0.25) is 0 Å². The summed E-state index contributed by atoms with van der Waals surface area (Å²) in [4.78, 5) is 34.5. The van der Waals surface area contributed by atoms with E-state index in [2.05, 4.69) is 4.90 Å². The van der Waals surface area contributed by atoms with Gasteiger partial charge in [-0.3, -0.25) is 9.59 Å². The summed E-state index contributed by atoms with van der Waals surface area (Å²) in [6, 6.07) is 19.9. The van der Waals surface area contributed by atoms with Crippen LogP contribution in [0.5, 0.6) is 11.5 Å². The molecule has 1 fully saturated rings. The Morgan fingerprint density at radius 2 is 1.46 bits per heavy atom. The number of methoxy groups -OCH3 is 2. The SMILES string of the molecule is COc1ccc2sc(N3CCN(C(=O)c4ccc(C(=O)c5ccccc5)cc4)CC3)nc2c1OC. The zero-order chi connectivity index (χ0) is 24.4. The van der Waals surface area contributed by atoms with Gasteiger partial charge in [-0.05, 0) is 24.3 Å². The molecule has 2 heterocycles. The quantitative estimate of drug-likeness (QED) is 0.373. The van der Waals surface area contributed by atoms with E-state index >= 15 is 0 Å².